The third kappa shape index (κ3) is 4.13. The van der Waals surface area contributed by atoms with Gasteiger partial charge < -0.3 is 0 Å². The summed E-state index contributed by atoms with van der Waals surface area (Å²) in [4.78, 5) is 0. The number of hydrogen-bond donors (Lipinski definition) is 0. The summed E-state index contributed by atoms with van der Waals surface area (Å²) in [5.41, 5.74) is 2.35. The van der Waals surface area contributed by atoms with E-state index in [1.165, 1.54) is 6.07 Å². The molecule has 1 atom stereocenters. The van der Waals surface area contributed by atoms with Crippen molar-refractivity contribution in [2.24, 2.45) is 5.41 Å². The van der Waals surface area contributed by atoms with Crippen molar-refractivity contribution in [1.29, 1.82) is 0 Å². The summed E-state index contributed by atoms with van der Waals surface area (Å²) < 4.78 is 13.2. The summed E-state index contributed by atoms with van der Waals surface area (Å²) in [5, 5.41) is 0.156. The maximum absolute atomic E-state index is 13.2. The van der Waals surface area contributed by atoms with E-state index in [0.29, 0.717) is 0 Å². The number of hydrogen-bond acceptors (Lipinski definition) is 0. The number of aryl methyl sites for hydroxylation is 1. The topological polar surface area (TPSA) is 0 Å². The number of halogens is 2. The Morgan fingerprint density at radius 3 is 2.56 bits per heavy atom. The Hall–Kier alpha value is -0.560. The van der Waals surface area contributed by atoms with Gasteiger partial charge in [-0.3, -0.25) is 0 Å². The molecule has 0 heterocycles. The number of benzene rings is 1. The largest absolute Gasteiger partial charge is 0.207 e. The molecule has 0 aliphatic heterocycles. The van der Waals surface area contributed by atoms with E-state index in [0.717, 1.165) is 24.0 Å². The standard InChI is InChI=1S/C14H20ClF/c1-10-5-6-13(16)7-12(10)9-14(3,4)8-11(2)15/h5-7,11H,8-9H2,1-4H3. The highest BCUT2D eigenvalue weighted by Gasteiger charge is 2.21. The lowest BCUT2D eigenvalue weighted by atomic mass is 9.80. The molecule has 0 radical (unpaired) electrons. The minimum atomic E-state index is -0.157. The van der Waals surface area contributed by atoms with E-state index in [2.05, 4.69) is 13.8 Å². The van der Waals surface area contributed by atoms with Crippen LogP contribution in [0.1, 0.15) is 38.3 Å². The van der Waals surface area contributed by atoms with Crippen molar-refractivity contribution >= 4 is 11.6 Å². The molecule has 0 aliphatic carbocycles. The lowest BCUT2D eigenvalue weighted by Crippen LogP contribution is -2.19. The zero-order chi connectivity index (χ0) is 12.3. The van der Waals surface area contributed by atoms with Crippen molar-refractivity contribution < 1.29 is 4.39 Å². The van der Waals surface area contributed by atoms with Crippen molar-refractivity contribution in [2.75, 3.05) is 0 Å². The third-order valence-electron chi connectivity index (χ3n) is 2.81. The van der Waals surface area contributed by atoms with Gasteiger partial charge >= 0.3 is 0 Å². The van der Waals surface area contributed by atoms with Crippen molar-refractivity contribution in [2.45, 2.75) is 45.9 Å². The fourth-order valence-corrected chi connectivity index (χ4v) is 2.60. The van der Waals surface area contributed by atoms with E-state index < -0.39 is 0 Å². The van der Waals surface area contributed by atoms with Crippen LogP contribution in [0.4, 0.5) is 4.39 Å². The van der Waals surface area contributed by atoms with Gasteiger partial charge in [-0.15, -0.1) is 11.6 Å². The van der Waals surface area contributed by atoms with Crippen molar-refractivity contribution in [1.82, 2.24) is 0 Å². The second kappa shape index (κ2) is 5.18. The average molecular weight is 243 g/mol. The van der Waals surface area contributed by atoms with Crippen molar-refractivity contribution in [3.05, 3.63) is 35.1 Å². The summed E-state index contributed by atoms with van der Waals surface area (Å²) >= 11 is 6.03. The fraction of sp³-hybridized carbons (Fsp3) is 0.571. The van der Waals surface area contributed by atoms with Crippen LogP contribution in [0.25, 0.3) is 0 Å². The molecule has 1 rings (SSSR count). The second-order valence-corrected chi connectivity index (χ2v) is 6.14. The van der Waals surface area contributed by atoms with Crippen LogP contribution >= 0.6 is 11.6 Å². The molecular formula is C14H20ClF. The van der Waals surface area contributed by atoms with Gasteiger partial charge in [-0.2, -0.15) is 0 Å². The molecule has 0 saturated carbocycles. The number of alkyl halides is 1. The highest BCUT2D eigenvalue weighted by molar-refractivity contribution is 6.20. The third-order valence-corrected chi connectivity index (χ3v) is 2.97. The maximum atomic E-state index is 13.2. The number of rotatable bonds is 4. The molecule has 0 saturated heterocycles. The quantitative estimate of drug-likeness (QED) is 0.671. The highest BCUT2D eigenvalue weighted by Crippen LogP contribution is 2.30. The van der Waals surface area contributed by atoms with Crippen LogP contribution in [0.15, 0.2) is 18.2 Å². The van der Waals surface area contributed by atoms with Gasteiger partial charge in [0.05, 0.1) is 0 Å². The Labute approximate surface area is 103 Å². The van der Waals surface area contributed by atoms with Gasteiger partial charge in [0.15, 0.2) is 0 Å². The smallest absolute Gasteiger partial charge is 0.123 e. The van der Waals surface area contributed by atoms with Crippen LogP contribution in [0.5, 0.6) is 0 Å². The summed E-state index contributed by atoms with van der Waals surface area (Å²) in [7, 11) is 0. The van der Waals surface area contributed by atoms with Gasteiger partial charge in [0, 0.05) is 5.38 Å². The Kier molecular flexibility index (Phi) is 4.37. The first-order chi connectivity index (χ1) is 7.30. The normalized spacial score (nSPS) is 13.9. The minimum absolute atomic E-state index is 0.111. The molecule has 0 bridgehead atoms. The molecule has 2 heteroatoms. The lowest BCUT2D eigenvalue weighted by Gasteiger charge is -2.26. The van der Waals surface area contributed by atoms with Gasteiger partial charge in [0.25, 0.3) is 0 Å². The van der Waals surface area contributed by atoms with Crippen LogP contribution in [-0.4, -0.2) is 5.38 Å². The molecule has 16 heavy (non-hydrogen) atoms. The highest BCUT2D eigenvalue weighted by atomic mass is 35.5. The summed E-state index contributed by atoms with van der Waals surface area (Å²) in [6.07, 6.45) is 1.80. The van der Waals surface area contributed by atoms with E-state index in [1.807, 2.05) is 19.9 Å². The zero-order valence-corrected chi connectivity index (χ0v) is 11.2. The van der Waals surface area contributed by atoms with E-state index in [1.54, 1.807) is 6.07 Å². The Balaban J connectivity index is 2.82. The predicted molar refractivity (Wildman–Crippen MR) is 68.6 cm³/mol. The predicted octanol–water partition coefficient (Wildman–Crippen LogP) is 4.72. The van der Waals surface area contributed by atoms with E-state index in [-0.39, 0.29) is 16.6 Å². The molecule has 0 aliphatic rings. The van der Waals surface area contributed by atoms with Gasteiger partial charge in [-0.05, 0) is 55.4 Å². The Bertz CT molecular complexity index is 356. The van der Waals surface area contributed by atoms with Gasteiger partial charge in [0.2, 0.25) is 0 Å². The Morgan fingerprint density at radius 2 is 2.00 bits per heavy atom. The molecule has 90 valence electrons. The monoisotopic (exact) mass is 242 g/mol. The van der Waals surface area contributed by atoms with Crippen molar-refractivity contribution in [3.8, 4) is 0 Å². The molecule has 1 unspecified atom stereocenters. The first-order valence-electron chi connectivity index (χ1n) is 5.69. The maximum Gasteiger partial charge on any atom is 0.123 e. The van der Waals surface area contributed by atoms with E-state index in [9.17, 15) is 4.39 Å². The van der Waals surface area contributed by atoms with Crippen LogP contribution in [0.3, 0.4) is 0 Å². The van der Waals surface area contributed by atoms with Crippen LogP contribution in [0.2, 0.25) is 0 Å². The first-order valence-corrected chi connectivity index (χ1v) is 6.13. The Morgan fingerprint density at radius 1 is 1.38 bits per heavy atom. The van der Waals surface area contributed by atoms with Crippen LogP contribution in [0, 0.1) is 18.2 Å². The average Bonchev–Trinajstić information content (AvgIpc) is 2.08. The van der Waals surface area contributed by atoms with Crippen LogP contribution < -0.4 is 0 Å². The molecule has 0 N–H and O–H groups in total. The molecule has 0 aromatic heterocycles. The minimum Gasteiger partial charge on any atom is -0.207 e. The summed E-state index contributed by atoms with van der Waals surface area (Å²) in [6, 6.07) is 4.98. The second-order valence-electron chi connectivity index (χ2n) is 5.40. The first kappa shape index (κ1) is 13.5. The van der Waals surface area contributed by atoms with Crippen molar-refractivity contribution in [3.63, 3.8) is 0 Å². The van der Waals surface area contributed by atoms with E-state index in [4.69, 9.17) is 11.6 Å². The van der Waals surface area contributed by atoms with Gasteiger partial charge in [-0.25, -0.2) is 4.39 Å². The summed E-state index contributed by atoms with van der Waals surface area (Å²) in [6.45, 7) is 8.38. The lowest BCUT2D eigenvalue weighted by molar-refractivity contribution is 0.330. The zero-order valence-electron chi connectivity index (χ0n) is 10.5. The van der Waals surface area contributed by atoms with E-state index >= 15 is 0 Å². The molecule has 0 fully saturated rings. The molecule has 1 aromatic carbocycles. The molecule has 1 aromatic rings. The summed E-state index contributed by atoms with van der Waals surface area (Å²) in [5.74, 6) is -0.157. The molecule has 0 amide bonds. The fourth-order valence-electron chi connectivity index (χ4n) is 2.18. The molecule has 0 nitrogen and oxygen atoms in total. The SMILES string of the molecule is Cc1ccc(F)cc1CC(C)(C)CC(C)Cl. The van der Waals surface area contributed by atoms with Crippen LogP contribution in [-0.2, 0) is 6.42 Å². The van der Waals surface area contributed by atoms with Gasteiger partial charge in [0.1, 0.15) is 5.82 Å². The molecule has 0 spiro atoms. The van der Waals surface area contributed by atoms with Gasteiger partial charge in [-0.1, -0.05) is 19.9 Å². The molecular weight excluding hydrogens is 223 g/mol.